The number of aromatic nitrogens is 3. The standard InChI is InChI=1S/C21H24N4O2S/c1-2-17(15-7-4-3-5-8-15)20(26)22-12-13-24-21(27)25(16-10-11-16)19(23-24)18-9-6-14-28-18/h3-9,14,16-17H,2,10-13H2,1H3,(H,22,26). The molecule has 0 radical (unpaired) electrons. The summed E-state index contributed by atoms with van der Waals surface area (Å²) < 4.78 is 3.30. The molecule has 7 heteroatoms. The normalized spacial score (nSPS) is 14.8. The Morgan fingerprint density at radius 1 is 1.25 bits per heavy atom. The van der Waals surface area contributed by atoms with Crippen molar-refractivity contribution < 1.29 is 4.79 Å². The van der Waals surface area contributed by atoms with Gasteiger partial charge in [-0.3, -0.25) is 9.36 Å². The summed E-state index contributed by atoms with van der Waals surface area (Å²) in [5.74, 6) is 0.551. The SMILES string of the molecule is CCC(C(=O)NCCn1nc(-c2cccs2)n(C2CC2)c1=O)c1ccccc1. The lowest BCUT2D eigenvalue weighted by molar-refractivity contribution is -0.122. The molecule has 1 fully saturated rings. The van der Waals surface area contributed by atoms with Crippen molar-refractivity contribution in [1.82, 2.24) is 19.7 Å². The molecule has 1 aliphatic carbocycles. The van der Waals surface area contributed by atoms with E-state index in [1.807, 2.05) is 59.3 Å². The zero-order chi connectivity index (χ0) is 19.5. The van der Waals surface area contributed by atoms with Gasteiger partial charge in [0, 0.05) is 12.6 Å². The van der Waals surface area contributed by atoms with Crippen LogP contribution in [0, 0.1) is 0 Å². The lowest BCUT2D eigenvalue weighted by Gasteiger charge is -2.15. The quantitative estimate of drug-likeness (QED) is 0.634. The maximum absolute atomic E-state index is 12.8. The van der Waals surface area contributed by atoms with Crippen LogP contribution in [-0.2, 0) is 11.3 Å². The first-order valence-corrected chi connectivity index (χ1v) is 10.6. The van der Waals surface area contributed by atoms with E-state index in [1.165, 1.54) is 4.68 Å². The Bertz CT molecular complexity index is 987. The van der Waals surface area contributed by atoms with Crippen LogP contribution in [0.15, 0.2) is 52.6 Å². The molecule has 2 aromatic heterocycles. The van der Waals surface area contributed by atoms with E-state index in [0.29, 0.717) is 13.1 Å². The molecular formula is C21H24N4O2S. The summed E-state index contributed by atoms with van der Waals surface area (Å²) in [5.41, 5.74) is 0.924. The van der Waals surface area contributed by atoms with Crippen LogP contribution in [0.1, 0.15) is 43.7 Å². The van der Waals surface area contributed by atoms with Gasteiger partial charge in [0.1, 0.15) is 0 Å². The summed E-state index contributed by atoms with van der Waals surface area (Å²) in [7, 11) is 0. The van der Waals surface area contributed by atoms with Crippen LogP contribution < -0.4 is 11.0 Å². The van der Waals surface area contributed by atoms with Gasteiger partial charge in [-0.05, 0) is 36.3 Å². The van der Waals surface area contributed by atoms with Crippen molar-refractivity contribution in [3.8, 4) is 10.7 Å². The second-order valence-electron chi connectivity index (χ2n) is 7.07. The minimum atomic E-state index is -0.177. The van der Waals surface area contributed by atoms with Gasteiger partial charge in [-0.2, -0.15) is 0 Å². The fourth-order valence-corrected chi connectivity index (χ4v) is 4.17. The molecule has 0 saturated heterocycles. The van der Waals surface area contributed by atoms with Crippen LogP contribution in [0.3, 0.4) is 0 Å². The van der Waals surface area contributed by atoms with E-state index in [2.05, 4.69) is 10.4 Å². The first-order chi connectivity index (χ1) is 13.7. The Morgan fingerprint density at radius 3 is 2.68 bits per heavy atom. The predicted molar refractivity (Wildman–Crippen MR) is 111 cm³/mol. The summed E-state index contributed by atoms with van der Waals surface area (Å²) >= 11 is 1.59. The molecule has 1 atom stereocenters. The Labute approximate surface area is 167 Å². The van der Waals surface area contributed by atoms with Gasteiger partial charge in [-0.15, -0.1) is 16.4 Å². The van der Waals surface area contributed by atoms with Crippen molar-refractivity contribution in [2.75, 3.05) is 6.54 Å². The van der Waals surface area contributed by atoms with Crippen LogP contribution in [0.5, 0.6) is 0 Å². The summed E-state index contributed by atoms with van der Waals surface area (Å²) in [5, 5.41) is 9.52. The highest BCUT2D eigenvalue weighted by Crippen LogP contribution is 2.37. The topological polar surface area (TPSA) is 68.9 Å². The average molecular weight is 397 g/mol. The van der Waals surface area contributed by atoms with Crippen LogP contribution >= 0.6 is 11.3 Å². The molecule has 2 heterocycles. The third-order valence-corrected chi connectivity index (χ3v) is 5.94. The number of hydrogen-bond donors (Lipinski definition) is 1. The monoisotopic (exact) mass is 396 g/mol. The average Bonchev–Trinajstić information content (AvgIpc) is 3.28. The van der Waals surface area contributed by atoms with Crippen molar-refractivity contribution in [1.29, 1.82) is 0 Å². The molecule has 1 amide bonds. The van der Waals surface area contributed by atoms with Crippen LogP contribution in [0.2, 0.25) is 0 Å². The highest BCUT2D eigenvalue weighted by Gasteiger charge is 2.30. The maximum Gasteiger partial charge on any atom is 0.346 e. The lowest BCUT2D eigenvalue weighted by Crippen LogP contribution is -2.34. The molecule has 4 rings (SSSR count). The number of nitrogens with one attached hydrogen (secondary N) is 1. The number of carbonyl (C=O) groups is 1. The van der Waals surface area contributed by atoms with Crippen molar-refractivity contribution in [2.45, 2.75) is 44.7 Å². The maximum atomic E-state index is 12.8. The van der Waals surface area contributed by atoms with E-state index in [0.717, 1.165) is 35.5 Å². The minimum Gasteiger partial charge on any atom is -0.354 e. The van der Waals surface area contributed by atoms with Gasteiger partial charge in [-0.1, -0.05) is 43.3 Å². The fourth-order valence-electron chi connectivity index (χ4n) is 3.47. The van der Waals surface area contributed by atoms with Crippen molar-refractivity contribution in [3.05, 3.63) is 63.9 Å². The van der Waals surface area contributed by atoms with Gasteiger partial charge >= 0.3 is 5.69 Å². The van der Waals surface area contributed by atoms with E-state index < -0.39 is 0 Å². The molecule has 146 valence electrons. The molecule has 1 N–H and O–H groups in total. The summed E-state index contributed by atoms with van der Waals surface area (Å²) in [6.45, 7) is 2.76. The molecule has 1 saturated carbocycles. The third kappa shape index (κ3) is 3.80. The molecule has 0 spiro atoms. The molecule has 1 aliphatic rings. The summed E-state index contributed by atoms with van der Waals surface area (Å²) in [6.07, 6.45) is 2.78. The predicted octanol–water partition coefficient (Wildman–Crippen LogP) is 3.42. The Kier molecular flexibility index (Phi) is 5.43. The van der Waals surface area contributed by atoms with Gasteiger partial charge in [-0.25, -0.2) is 9.48 Å². The Hall–Kier alpha value is -2.67. The van der Waals surface area contributed by atoms with Gasteiger partial charge in [0.15, 0.2) is 5.82 Å². The van der Waals surface area contributed by atoms with E-state index in [-0.39, 0.29) is 23.6 Å². The van der Waals surface area contributed by atoms with Gasteiger partial charge in [0.2, 0.25) is 5.91 Å². The number of thiophene rings is 1. The van der Waals surface area contributed by atoms with Gasteiger partial charge < -0.3 is 5.32 Å². The number of benzene rings is 1. The smallest absolute Gasteiger partial charge is 0.346 e. The van der Waals surface area contributed by atoms with E-state index in [9.17, 15) is 9.59 Å². The molecule has 0 bridgehead atoms. The summed E-state index contributed by atoms with van der Waals surface area (Å²) in [4.78, 5) is 26.4. The number of carbonyl (C=O) groups excluding carboxylic acids is 1. The highest BCUT2D eigenvalue weighted by molar-refractivity contribution is 7.13. The van der Waals surface area contributed by atoms with Crippen LogP contribution in [-0.4, -0.2) is 26.8 Å². The van der Waals surface area contributed by atoms with Crippen LogP contribution in [0.25, 0.3) is 10.7 Å². The number of amides is 1. The largest absolute Gasteiger partial charge is 0.354 e. The minimum absolute atomic E-state index is 0.0122. The van der Waals surface area contributed by atoms with Gasteiger partial charge in [0.25, 0.3) is 0 Å². The molecule has 1 unspecified atom stereocenters. The van der Waals surface area contributed by atoms with E-state index >= 15 is 0 Å². The molecule has 28 heavy (non-hydrogen) atoms. The number of rotatable bonds is 8. The molecule has 6 nitrogen and oxygen atoms in total. The van der Waals surface area contributed by atoms with Crippen molar-refractivity contribution in [3.63, 3.8) is 0 Å². The molecule has 1 aromatic carbocycles. The van der Waals surface area contributed by atoms with E-state index in [1.54, 1.807) is 11.3 Å². The lowest BCUT2D eigenvalue weighted by atomic mass is 9.96. The van der Waals surface area contributed by atoms with Crippen molar-refractivity contribution in [2.24, 2.45) is 0 Å². The first-order valence-electron chi connectivity index (χ1n) is 9.75. The zero-order valence-corrected chi connectivity index (χ0v) is 16.7. The fraction of sp³-hybridized carbons (Fsp3) is 0.381. The zero-order valence-electron chi connectivity index (χ0n) is 15.9. The highest BCUT2D eigenvalue weighted by atomic mass is 32.1. The number of hydrogen-bond acceptors (Lipinski definition) is 4. The Balaban J connectivity index is 1.45. The second-order valence-corrected chi connectivity index (χ2v) is 8.02. The van der Waals surface area contributed by atoms with Crippen LogP contribution in [0.4, 0.5) is 0 Å². The van der Waals surface area contributed by atoms with Crippen molar-refractivity contribution >= 4 is 17.2 Å². The molecule has 0 aliphatic heterocycles. The Morgan fingerprint density at radius 2 is 2.04 bits per heavy atom. The molecular weight excluding hydrogens is 372 g/mol. The molecule has 3 aromatic rings. The van der Waals surface area contributed by atoms with Gasteiger partial charge in [0.05, 0.1) is 17.3 Å². The van der Waals surface area contributed by atoms with E-state index in [4.69, 9.17) is 0 Å². The second kappa shape index (κ2) is 8.14. The summed E-state index contributed by atoms with van der Waals surface area (Å²) in [6, 6.07) is 14.0. The first kappa shape index (κ1) is 18.7. The third-order valence-electron chi connectivity index (χ3n) is 5.07. The number of nitrogens with zero attached hydrogens (tertiary/aromatic N) is 3.